The zero-order chi connectivity index (χ0) is 11.7. The average Bonchev–Trinajstić information content (AvgIpc) is 2.74. The fourth-order valence-corrected chi connectivity index (χ4v) is 2.66. The number of hydrogen-bond acceptors (Lipinski definition) is 4. The van der Waals surface area contributed by atoms with E-state index in [4.69, 9.17) is 5.73 Å². The Morgan fingerprint density at radius 3 is 2.75 bits per heavy atom. The van der Waals surface area contributed by atoms with Gasteiger partial charge < -0.3 is 5.73 Å². The molecule has 2 heterocycles. The summed E-state index contributed by atoms with van der Waals surface area (Å²) in [7, 11) is 1.91. The van der Waals surface area contributed by atoms with Crippen LogP contribution in [0.2, 0.25) is 0 Å². The Hall–Kier alpha value is -1.20. The molecule has 0 aliphatic rings. The van der Waals surface area contributed by atoms with E-state index in [2.05, 4.69) is 17.0 Å². The molecule has 0 bridgehead atoms. The molecule has 0 amide bonds. The summed E-state index contributed by atoms with van der Waals surface area (Å²) in [6.45, 7) is 4.12. The van der Waals surface area contributed by atoms with Gasteiger partial charge in [-0.15, -0.1) is 11.3 Å². The second-order valence-electron chi connectivity index (χ2n) is 3.94. The lowest BCUT2D eigenvalue weighted by atomic mass is 10.1. The maximum atomic E-state index is 6.14. The summed E-state index contributed by atoms with van der Waals surface area (Å²) >= 11 is 1.73. The fraction of sp³-hybridized carbons (Fsp3) is 0.455. The highest BCUT2D eigenvalue weighted by Gasteiger charge is 2.13. The van der Waals surface area contributed by atoms with E-state index < -0.39 is 0 Å². The molecule has 0 saturated heterocycles. The summed E-state index contributed by atoms with van der Waals surface area (Å²) in [5.74, 6) is 0. The Kier molecular flexibility index (Phi) is 3.07. The first-order chi connectivity index (χ1) is 7.58. The van der Waals surface area contributed by atoms with Gasteiger partial charge in [-0.05, 0) is 19.9 Å². The van der Waals surface area contributed by atoms with Crippen molar-refractivity contribution in [3.8, 4) is 0 Å². The molecule has 2 aromatic rings. The van der Waals surface area contributed by atoms with Crippen LogP contribution in [0.15, 0.2) is 12.3 Å². The van der Waals surface area contributed by atoms with Crippen LogP contribution >= 0.6 is 11.3 Å². The second-order valence-corrected chi connectivity index (χ2v) is 5.23. The van der Waals surface area contributed by atoms with Crippen LogP contribution in [-0.4, -0.2) is 14.8 Å². The molecule has 0 aliphatic heterocycles. The molecule has 1 atom stereocenters. The van der Waals surface area contributed by atoms with Gasteiger partial charge in [-0.1, -0.05) is 0 Å². The molecular weight excluding hydrogens is 220 g/mol. The smallest absolute Gasteiger partial charge is 0.0950 e. The van der Waals surface area contributed by atoms with Crippen molar-refractivity contribution in [2.45, 2.75) is 26.3 Å². The molecule has 86 valence electrons. The van der Waals surface area contributed by atoms with Gasteiger partial charge in [0.25, 0.3) is 0 Å². The van der Waals surface area contributed by atoms with Gasteiger partial charge in [-0.2, -0.15) is 5.10 Å². The molecule has 2 aromatic heterocycles. The predicted molar refractivity (Wildman–Crippen MR) is 65.4 cm³/mol. The number of rotatable bonds is 3. The number of aromatic nitrogens is 3. The van der Waals surface area contributed by atoms with Crippen LogP contribution in [0.25, 0.3) is 0 Å². The summed E-state index contributed by atoms with van der Waals surface area (Å²) in [6, 6.07) is 1.93. The Morgan fingerprint density at radius 2 is 2.25 bits per heavy atom. The molecule has 0 saturated carbocycles. The van der Waals surface area contributed by atoms with E-state index in [9.17, 15) is 0 Å². The molecule has 2 N–H and O–H groups in total. The van der Waals surface area contributed by atoms with Crippen LogP contribution in [0.4, 0.5) is 0 Å². The third kappa shape index (κ3) is 2.15. The maximum absolute atomic E-state index is 6.14. The third-order valence-electron chi connectivity index (χ3n) is 2.71. The van der Waals surface area contributed by atoms with E-state index in [1.54, 1.807) is 17.5 Å². The Morgan fingerprint density at radius 1 is 1.50 bits per heavy atom. The van der Waals surface area contributed by atoms with Crippen molar-refractivity contribution in [3.63, 3.8) is 0 Å². The summed E-state index contributed by atoms with van der Waals surface area (Å²) < 4.78 is 1.82. The number of nitrogens with two attached hydrogens (primary N) is 1. The van der Waals surface area contributed by atoms with Crippen molar-refractivity contribution in [1.29, 1.82) is 0 Å². The first-order valence-corrected chi connectivity index (χ1v) is 6.06. The molecule has 0 radical (unpaired) electrons. The molecule has 2 rings (SSSR count). The van der Waals surface area contributed by atoms with Crippen LogP contribution in [0.5, 0.6) is 0 Å². The molecule has 0 fully saturated rings. The van der Waals surface area contributed by atoms with Gasteiger partial charge in [0.1, 0.15) is 0 Å². The van der Waals surface area contributed by atoms with Crippen molar-refractivity contribution in [1.82, 2.24) is 14.8 Å². The summed E-state index contributed by atoms with van der Waals surface area (Å²) in [5, 5.41) is 5.22. The minimum absolute atomic E-state index is 0.0301. The van der Waals surface area contributed by atoms with E-state index >= 15 is 0 Å². The first kappa shape index (κ1) is 11.3. The standard InChI is InChI=1S/C11H16N4S/c1-7-8(2)16-11(14-7)6-9(12)10-4-5-13-15(10)3/h4-5,9H,6,12H2,1-3H3. The maximum Gasteiger partial charge on any atom is 0.0950 e. The van der Waals surface area contributed by atoms with E-state index in [0.717, 1.165) is 22.8 Å². The lowest BCUT2D eigenvalue weighted by Crippen LogP contribution is -2.17. The van der Waals surface area contributed by atoms with Gasteiger partial charge in [0.15, 0.2) is 0 Å². The normalized spacial score (nSPS) is 13.0. The van der Waals surface area contributed by atoms with E-state index in [-0.39, 0.29) is 6.04 Å². The van der Waals surface area contributed by atoms with Crippen LogP contribution in [-0.2, 0) is 13.5 Å². The molecule has 0 spiro atoms. The fourth-order valence-electron chi connectivity index (χ4n) is 1.67. The lowest BCUT2D eigenvalue weighted by molar-refractivity contribution is 0.615. The largest absolute Gasteiger partial charge is 0.322 e. The number of thiazole rings is 1. The molecule has 0 aromatic carbocycles. The highest BCUT2D eigenvalue weighted by Crippen LogP contribution is 2.21. The van der Waals surface area contributed by atoms with Crippen LogP contribution in [0.1, 0.15) is 27.3 Å². The second kappa shape index (κ2) is 4.35. The van der Waals surface area contributed by atoms with Crippen LogP contribution in [0.3, 0.4) is 0 Å². The van der Waals surface area contributed by atoms with E-state index in [1.165, 1.54) is 4.88 Å². The third-order valence-corrected chi connectivity index (χ3v) is 3.80. The zero-order valence-corrected chi connectivity index (χ0v) is 10.6. The van der Waals surface area contributed by atoms with Gasteiger partial charge in [-0.3, -0.25) is 4.68 Å². The summed E-state index contributed by atoms with van der Waals surface area (Å²) in [5.41, 5.74) is 8.29. The van der Waals surface area contributed by atoms with Gasteiger partial charge in [0.05, 0.1) is 22.4 Å². The minimum Gasteiger partial charge on any atom is -0.322 e. The molecule has 1 unspecified atom stereocenters. The number of hydrogen-bond donors (Lipinski definition) is 1. The summed E-state index contributed by atoms with van der Waals surface area (Å²) in [6.07, 6.45) is 2.55. The Bertz CT molecular complexity index is 466. The Balaban J connectivity index is 2.13. The quantitative estimate of drug-likeness (QED) is 0.883. The SMILES string of the molecule is Cc1nc(CC(N)c2ccnn2C)sc1C. The van der Waals surface area contributed by atoms with Crippen LogP contribution < -0.4 is 5.73 Å². The van der Waals surface area contributed by atoms with Crippen molar-refractivity contribution >= 4 is 11.3 Å². The highest BCUT2D eigenvalue weighted by molar-refractivity contribution is 7.11. The van der Waals surface area contributed by atoms with Crippen molar-refractivity contribution < 1.29 is 0 Å². The molecule has 0 aliphatic carbocycles. The average molecular weight is 236 g/mol. The molecule has 4 nitrogen and oxygen atoms in total. The summed E-state index contributed by atoms with van der Waals surface area (Å²) in [4.78, 5) is 5.77. The molecule has 16 heavy (non-hydrogen) atoms. The topological polar surface area (TPSA) is 56.7 Å². The predicted octanol–water partition coefficient (Wildman–Crippen LogP) is 1.74. The first-order valence-electron chi connectivity index (χ1n) is 5.24. The molecular formula is C11H16N4S. The van der Waals surface area contributed by atoms with Crippen molar-refractivity contribution in [2.24, 2.45) is 12.8 Å². The Labute approximate surface area is 99.1 Å². The van der Waals surface area contributed by atoms with Gasteiger partial charge in [0, 0.05) is 24.5 Å². The van der Waals surface area contributed by atoms with Crippen LogP contribution in [0, 0.1) is 13.8 Å². The van der Waals surface area contributed by atoms with Gasteiger partial charge >= 0.3 is 0 Å². The van der Waals surface area contributed by atoms with Crippen molar-refractivity contribution in [2.75, 3.05) is 0 Å². The van der Waals surface area contributed by atoms with Crippen molar-refractivity contribution in [3.05, 3.63) is 33.5 Å². The van der Waals surface area contributed by atoms with E-state index in [0.29, 0.717) is 0 Å². The van der Waals surface area contributed by atoms with Gasteiger partial charge in [0.2, 0.25) is 0 Å². The highest BCUT2D eigenvalue weighted by atomic mass is 32.1. The molecule has 5 heteroatoms. The van der Waals surface area contributed by atoms with E-state index in [1.807, 2.05) is 24.7 Å². The minimum atomic E-state index is -0.0301. The van der Waals surface area contributed by atoms with Gasteiger partial charge in [-0.25, -0.2) is 4.98 Å². The number of nitrogens with zero attached hydrogens (tertiary/aromatic N) is 3. The zero-order valence-electron chi connectivity index (χ0n) is 9.77. The lowest BCUT2D eigenvalue weighted by Gasteiger charge is -2.09. The number of aryl methyl sites for hydroxylation is 3. The monoisotopic (exact) mass is 236 g/mol.